The van der Waals surface area contributed by atoms with Gasteiger partial charge in [-0.3, -0.25) is 4.79 Å². The van der Waals surface area contributed by atoms with Crippen molar-refractivity contribution in [2.24, 2.45) is 34.5 Å². The second-order valence-electron chi connectivity index (χ2n) is 9.27. The van der Waals surface area contributed by atoms with Gasteiger partial charge in [-0.15, -0.1) is 0 Å². The molecule has 6 heteroatoms. The Morgan fingerprint density at radius 2 is 1.93 bits per heavy atom. The van der Waals surface area contributed by atoms with Crippen LogP contribution >= 0.6 is 0 Å². The van der Waals surface area contributed by atoms with Crippen LogP contribution in [0.25, 0.3) is 0 Å². The first kappa shape index (κ1) is 19.0. The lowest BCUT2D eigenvalue weighted by molar-refractivity contribution is -0.289. The number of aliphatic hydroxyl groups excluding tert-OH is 3. The summed E-state index contributed by atoms with van der Waals surface area (Å²) in [5, 5.41) is 32.2. The van der Waals surface area contributed by atoms with E-state index in [-0.39, 0.29) is 35.4 Å². The van der Waals surface area contributed by atoms with Crippen LogP contribution in [-0.2, 0) is 14.3 Å². The summed E-state index contributed by atoms with van der Waals surface area (Å²) in [4.78, 5) is 13.5. The molecule has 0 aromatic carbocycles. The molecule has 4 unspecified atom stereocenters. The first-order valence-corrected chi connectivity index (χ1v) is 9.80. The van der Waals surface area contributed by atoms with Gasteiger partial charge in [0.15, 0.2) is 12.0 Å². The lowest BCUT2D eigenvalue weighted by Crippen LogP contribution is -2.70. The lowest BCUT2D eigenvalue weighted by Gasteiger charge is -2.66. The second-order valence-corrected chi connectivity index (χ2v) is 9.27. The predicted molar refractivity (Wildman–Crippen MR) is 97.4 cm³/mol. The summed E-state index contributed by atoms with van der Waals surface area (Å²) >= 11 is 0. The molecule has 0 bridgehead atoms. The van der Waals surface area contributed by atoms with Crippen molar-refractivity contribution >= 4 is 5.78 Å². The van der Waals surface area contributed by atoms with Crippen molar-refractivity contribution in [3.63, 3.8) is 0 Å². The van der Waals surface area contributed by atoms with Gasteiger partial charge in [0.2, 0.25) is 5.78 Å². The van der Waals surface area contributed by atoms with Gasteiger partial charge in [0.25, 0.3) is 0 Å². The number of aliphatic hydroxyl groups is 3. The van der Waals surface area contributed by atoms with Crippen LogP contribution in [0.3, 0.4) is 0 Å². The highest BCUT2D eigenvalue weighted by molar-refractivity contribution is 5.99. The van der Waals surface area contributed by atoms with Crippen LogP contribution in [0.5, 0.6) is 0 Å². The van der Waals surface area contributed by atoms with E-state index < -0.39 is 29.1 Å². The topological polar surface area (TPSA) is 96.2 Å². The Labute approximate surface area is 159 Å². The van der Waals surface area contributed by atoms with Gasteiger partial charge in [-0.25, -0.2) is 0 Å². The summed E-state index contributed by atoms with van der Waals surface area (Å²) in [6.07, 6.45) is 0.481. The van der Waals surface area contributed by atoms with E-state index in [9.17, 15) is 20.1 Å². The van der Waals surface area contributed by atoms with Crippen LogP contribution in [0, 0.1) is 34.5 Å². The van der Waals surface area contributed by atoms with Crippen molar-refractivity contribution in [1.29, 1.82) is 0 Å². The zero-order valence-corrected chi connectivity index (χ0v) is 16.6. The van der Waals surface area contributed by atoms with Crippen LogP contribution in [0.4, 0.5) is 0 Å². The first-order chi connectivity index (χ1) is 12.6. The molecule has 1 saturated carbocycles. The summed E-state index contributed by atoms with van der Waals surface area (Å²) in [7, 11) is 1.50. The Bertz CT molecular complexity index is 741. The maximum Gasteiger partial charge on any atom is 0.203 e. The summed E-state index contributed by atoms with van der Waals surface area (Å²) < 4.78 is 11.3. The van der Waals surface area contributed by atoms with Crippen LogP contribution in [0.2, 0.25) is 0 Å². The number of hydrogen-bond donors (Lipinski definition) is 3. The number of Topliss-reactive ketones (excluding diaryl/α,β-unsaturated/α-hetero) is 1. The second kappa shape index (κ2) is 5.82. The smallest absolute Gasteiger partial charge is 0.203 e. The summed E-state index contributed by atoms with van der Waals surface area (Å²) in [6.45, 7) is 7.81. The molecule has 0 radical (unpaired) electrons. The van der Waals surface area contributed by atoms with Crippen molar-refractivity contribution in [1.82, 2.24) is 0 Å². The van der Waals surface area contributed by atoms with Crippen molar-refractivity contribution in [2.45, 2.75) is 59.0 Å². The maximum absolute atomic E-state index is 13.5. The number of hydrogen-bond acceptors (Lipinski definition) is 6. The van der Waals surface area contributed by atoms with Crippen LogP contribution in [-0.4, -0.2) is 46.7 Å². The van der Waals surface area contributed by atoms with Crippen LogP contribution in [0.1, 0.15) is 40.5 Å². The van der Waals surface area contributed by atoms with E-state index in [1.165, 1.54) is 7.11 Å². The van der Waals surface area contributed by atoms with Gasteiger partial charge < -0.3 is 24.8 Å². The van der Waals surface area contributed by atoms with E-state index in [2.05, 4.69) is 0 Å². The van der Waals surface area contributed by atoms with Crippen molar-refractivity contribution in [3.05, 3.63) is 23.2 Å². The van der Waals surface area contributed by atoms with Gasteiger partial charge >= 0.3 is 0 Å². The number of rotatable bonds is 1. The number of carbonyl (C=O) groups is 1. The van der Waals surface area contributed by atoms with E-state index in [1.807, 2.05) is 26.8 Å². The molecule has 3 N–H and O–H groups in total. The molecule has 0 aromatic heterocycles. The van der Waals surface area contributed by atoms with E-state index in [1.54, 1.807) is 6.92 Å². The van der Waals surface area contributed by atoms with Gasteiger partial charge in [-0.05, 0) is 42.7 Å². The van der Waals surface area contributed by atoms with Crippen LogP contribution < -0.4 is 0 Å². The van der Waals surface area contributed by atoms with Gasteiger partial charge in [-0.1, -0.05) is 20.8 Å². The predicted octanol–water partition coefficient (Wildman–Crippen LogP) is 2.31. The fourth-order valence-corrected chi connectivity index (χ4v) is 6.96. The number of ketones is 1. The highest BCUT2D eigenvalue weighted by Crippen LogP contribution is 2.68. The minimum Gasteiger partial charge on any atom is -0.510 e. The molecule has 3 aliphatic carbocycles. The number of methoxy groups -OCH3 is 1. The standard InChI is InChI=1S/C21H30O6/c1-9-6-13(26-5)19(25)21(4)11(9)7-14-20(3)12(8-15(22)27-14)10(2)16(23)17(24)18(20)21/h6,9,11-12,14-15,17-18,22-24H,7-8H2,1-5H3/t9?,11?,12-,14+,15-,17?,18?,20+,21-/m0/s1. The highest BCUT2D eigenvalue weighted by Gasteiger charge is 2.71. The molecular weight excluding hydrogens is 348 g/mol. The molecule has 4 aliphatic rings. The third-order valence-corrected chi connectivity index (χ3v) is 8.26. The molecular formula is C21H30O6. The largest absolute Gasteiger partial charge is 0.510 e. The minimum atomic E-state index is -1.15. The quantitative estimate of drug-likeness (QED) is 0.648. The third-order valence-electron chi connectivity index (χ3n) is 8.26. The molecule has 27 heavy (non-hydrogen) atoms. The van der Waals surface area contributed by atoms with Crippen molar-refractivity contribution < 1.29 is 29.6 Å². The van der Waals surface area contributed by atoms with Crippen molar-refractivity contribution in [2.75, 3.05) is 7.11 Å². The number of allylic oxidation sites excluding steroid dienone is 3. The molecule has 2 fully saturated rings. The Balaban J connectivity index is 1.95. The average Bonchev–Trinajstić information content (AvgIpc) is 2.61. The molecule has 4 rings (SSSR count). The molecule has 6 nitrogen and oxygen atoms in total. The number of ether oxygens (including phenoxy) is 2. The lowest BCUT2D eigenvalue weighted by atomic mass is 9.40. The van der Waals surface area contributed by atoms with Gasteiger partial charge in [0, 0.05) is 23.2 Å². The van der Waals surface area contributed by atoms with E-state index >= 15 is 0 Å². The summed E-state index contributed by atoms with van der Waals surface area (Å²) in [6, 6.07) is 0. The molecule has 1 aliphatic heterocycles. The summed E-state index contributed by atoms with van der Waals surface area (Å²) in [5.41, 5.74) is -0.761. The first-order valence-electron chi connectivity index (χ1n) is 9.80. The van der Waals surface area contributed by atoms with Gasteiger partial charge in [-0.2, -0.15) is 0 Å². The fourth-order valence-electron chi connectivity index (χ4n) is 6.96. The zero-order valence-electron chi connectivity index (χ0n) is 16.6. The Kier molecular flexibility index (Phi) is 4.09. The summed E-state index contributed by atoms with van der Waals surface area (Å²) in [5.74, 6) is -0.551. The normalized spacial score (nSPS) is 52.0. The number of fused-ring (bicyclic) bond motifs is 2. The molecule has 1 saturated heterocycles. The molecule has 0 amide bonds. The van der Waals surface area contributed by atoms with E-state index in [0.717, 1.165) is 0 Å². The molecule has 9 atom stereocenters. The molecule has 150 valence electrons. The monoisotopic (exact) mass is 378 g/mol. The van der Waals surface area contributed by atoms with Gasteiger partial charge in [0.1, 0.15) is 11.9 Å². The Morgan fingerprint density at radius 3 is 2.56 bits per heavy atom. The fraction of sp³-hybridized carbons (Fsp3) is 0.762. The maximum atomic E-state index is 13.5. The molecule has 0 spiro atoms. The SMILES string of the molecule is COC1=CC(C)C2C[C@H]3O[C@H](O)C[C@H]4C(C)=C(O)C(O)C([C@@]2(C)C1=O)[C@@]34C. The highest BCUT2D eigenvalue weighted by atomic mass is 16.6. The number of carbonyl (C=O) groups excluding carboxylic acids is 1. The van der Waals surface area contributed by atoms with E-state index in [0.29, 0.717) is 24.2 Å². The molecule has 0 aromatic rings. The Morgan fingerprint density at radius 1 is 1.26 bits per heavy atom. The Hall–Kier alpha value is -1.37. The molecule has 1 heterocycles. The van der Waals surface area contributed by atoms with E-state index in [4.69, 9.17) is 9.47 Å². The van der Waals surface area contributed by atoms with Crippen molar-refractivity contribution in [3.8, 4) is 0 Å². The third kappa shape index (κ3) is 2.15. The zero-order chi connectivity index (χ0) is 19.9. The average molecular weight is 378 g/mol. The minimum absolute atomic E-state index is 0.0506. The van der Waals surface area contributed by atoms with Crippen LogP contribution in [0.15, 0.2) is 23.2 Å². The van der Waals surface area contributed by atoms with Gasteiger partial charge in [0.05, 0.1) is 13.2 Å².